The van der Waals surface area contributed by atoms with Gasteiger partial charge in [0.1, 0.15) is 11.2 Å². The molecule has 0 saturated carbocycles. The van der Waals surface area contributed by atoms with E-state index in [-0.39, 0.29) is 0 Å². The van der Waals surface area contributed by atoms with E-state index in [0.717, 1.165) is 133 Å². The average Bonchev–Trinajstić information content (AvgIpc) is 4.07. The molecule has 14 aromatic rings. The van der Waals surface area contributed by atoms with Gasteiger partial charge in [0.15, 0.2) is 11.2 Å². The van der Waals surface area contributed by atoms with Gasteiger partial charge in [0.2, 0.25) is 0 Å². The molecule has 0 unspecified atom stereocenters. The number of anilines is 5. The highest BCUT2D eigenvalue weighted by molar-refractivity contribution is 6.13. The zero-order valence-electron chi connectivity index (χ0n) is 41.0. The lowest BCUT2D eigenvalue weighted by atomic mass is 9.90. The maximum atomic E-state index is 6.90. The molecule has 0 radical (unpaired) electrons. The molecule has 4 nitrogen and oxygen atoms in total. The number of hydrogen-bond donors (Lipinski definition) is 0. The smallest absolute Gasteiger partial charge is 0.159 e. The van der Waals surface area contributed by atoms with Crippen LogP contribution >= 0.6 is 0 Å². The SMILES string of the molecule is c1ccc(-c2cc3c(-c4ccccc4)cc(N(c4ccccc4-c4ccccc4)c4cccc5c4oc4ccccc45)cc3cc2CN(c2ccccc2-c2ccccc2)c2cccc3c2oc2ccccc23)cc1. The van der Waals surface area contributed by atoms with Crippen LogP contribution < -0.4 is 9.80 Å². The van der Waals surface area contributed by atoms with Crippen molar-refractivity contribution >= 4 is 83.1 Å². The van der Waals surface area contributed by atoms with E-state index in [1.165, 1.54) is 0 Å². The monoisotopic (exact) mass is 960 g/mol. The highest BCUT2D eigenvalue weighted by Gasteiger charge is 2.26. The van der Waals surface area contributed by atoms with Gasteiger partial charge < -0.3 is 18.6 Å². The Kier molecular flexibility index (Phi) is 10.9. The third-order valence-electron chi connectivity index (χ3n) is 14.7. The standard InChI is InChI=1S/C71H48N2O2/c1-5-23-48(24-6-1)55-31-13-17-37-64(55)72(66-39-21-35-59-57-33-15-19-41-68(57)74-70(59)66)47-53-43-52-44-54(45-62(51-29-11-4-12-30-51)63(52)46-61(53)50-27-9-3-10-28-50)73(65-38-18-14-32-56(65)49-25-7-2-8-26-49)67-40-22-36-60-58-34-16-20-42-69(58)75-71(60)67/h1-46H,47H2. The molecule has 12 aromatic carbocycles. The molecular weight excluding hydrogens is 913 g/mol. The van der Waals surface area contributed by atoms with Crippen molar-refractivity contribution < 1.29 is 8.83 Å². The molecule has 0 aliphatic rings. The second-order valence-electron chi connectivity index (χ2n) is 19.1. The van der Waals surface area contributed by atoms with Gasteiger partial charge >= 0.3 is 0 Å². The van der Waals surface area contributed by atoms with E-state index < -0.39 is 0 Å². The Balaban J connectivity index is 1.06. The summed E-state index contributed by atoms with van der Waals surface area (Å²) in [7, 11) is 0. The van der Waals surface area contributed by atoms with E-state index in [9.17, 15) is 0 Å². The average molecular weight is 961 g/mol. The Morgan fingerprint density at radius 3 is 1.29 bits per heavy atom. The summed E-state index contributed by atoms with van der Waals surface area (Å²) >= 11 is 0. The normalized spacial score (nSPS) is 11.5. The maximum Gasteiger partial charge on any atom is 0.159 e. The lowest BCUT2D eigenvalue weighted by Gasteiger charge is -2.30. The Morgan fingerprint density at radius 1 is 0.280 bits per heavy atom. The fourth-order valence-corrected chi connectivity index (χ4v) is 11.3. The molecule has 2 heterocycles. The molecule has 0 saturated heterocycles. The lowest BCUT2D eigenvalue weighted by Crippen LogP contribution is -2.18. The molecule has 75 heavy (non-hydrogen) atoms. The molecule has 0 aliphatic carbocycles. The van der Waals surface area contributed by atoms with Gasteiger partial charge in [-0.15, -0.1) is 0 Å². The molecule has 0 aliphatic heterocycles. The van der Waals surface area contributed by atoms with E-state index >= 15 is 0 Å². The summed E-state index contributed by atoms with van der Waals surface area (Å²) in [5.74, 6) is 0. The first kappa shape index (κ1) is 43.9. The number of fused-ring (bicyclic) bond motifs is 7. The Morgan fingerprint density at radius 2 is 0.707 bits per heavy atom. The number of benzene rings is 12. The summed E-state index contributed by atoms with van der Waals surface area (Å²) in [6.45, 7) is 0.532. The summed E-state index contributed by atoms with van der Waals surface area (Å²) in [6.07, 6.45) is 0. The summed E-state index contributed by atoms with van der Waals surface area (Å²) < 4.78 is 13.8. The van der Waals surface area contributed by atoms with E-state index in [1.54, 1.807) is 0 Å². The van der Waals surface area contributed by atoms with Crippen LogP contribution in [0.1, 0.15) is 5.56 Å². The van der Waals surface area contributed by atoms with Gasteiger partial charge in [-0.25, -0.2) is 0 Å². The van der Waals surface area contributed by atoms with Crippen molar-refractivity contribution in [1.29, 1.82) is 0 Å². The van der Waals surface area contributed by atoms with Gasteiger partial charge in [-0.05, 0) is 110 Å². The molecule has 0 N–H and O–H groups in total. The second-order valence-corrected chi connectivity index (χ2v) is 19.1. The van der Waals surface area contributed by atoms with Crippen molar-refractivity contribution in [3.8, 4) is 44.5 Å². The number of nitrogens with zero attached hydrogens (tertiary/aromatic N) is 2. The first-order valence-corrected chi connectivity index (χ1v) is 25.6. The highest BCUT2D eigenvalue weighted by atomic mass is 16.3. The van der Waals surface area contributed by atoms with Crippen LogP contribution in [-0.2, 0) is 6.54 Å². The van der Waals surface area contributed by atoms with Crippen LogP contribution in [0.5, 0.6) is 0 Å². The van der Waals surface area contributed by atoms with Gasteiger partial charge in [-0.2, -0.15) is 0 Å². The highest BCUT2D eigenvalue weighted by Crippen LogP contribution is 2.49. The van der Waals surface area contributed by atoms with Crippen molar-refractivity contribution in [2.24, 2.45) is 0 Å². The minimum Gasteiger partial charge on any atom is -0.454 e. The summed E-state index contributed by atoms with van der Waals surface area (Å²) in [6, 6.07) is 100.0. The van der Waals surface area contributed by atoms with Crippen LogP contribution in [0.2, 0.25) is 0 Å². The van der Waals surface area contributed by atoms with Crippen molar-refractivity contribution in [3.05, 3.63) is 285 Å². The van der Waals surface area contributed by atoms with Gasteiger partial charge in [-0.1, -0.05) is 218 Å². The Hall–Kier alpha value is -9.90. The number of rotatable bonds is 11. The summed E-state index contributed by atoms with van der Waals surface area (Å²) in [5.41, 5.74) is 18.7. The third-order valence-corrected chi connectivity index (χ3v) is 14.7. The minimum atomic E-state index is 0.532. The first-order chi connectivity index (χ1) is 37.2. The fraction of sp³-hybridized carbons (Fsp3) is 0.0141. The van der Waals surface area contributed by atoms with Crippen LogP contribution in [0, 0.1) is 0 Å². The fourth-order valence-electron chi connectivity index (χ4n) is 11.3. The Labute approximate surface area is 435 Å². The summed E-state index contributed by atoms with van der Waals surface area (Å²) in [5, 5.41) is 6.60. The second kappa shape index (κ2) is 18.6. The zero-order chi connectivity index (χ0) is 49.7. The van der Waals surface area contributed by atoms with Crippen LogP contribution in [-0.4, -0.2) is 0 Å². The predicted molar refractivity (Wildman–Crippen MR) is 314 cm³/mol. The molecule has 0 amide bonds. The molecule has 14 rings (SSSR count). The molecular formula is C71H48N2O2. The van der Waals surface area contributed by atoms with E-state index in [0.29, 0.717) is 6.54 Å². The molecule has 0 spiro atoms. The summed E-state index contributed by atoms with van der Waals surface area (Å²) in [4.78, 5) is 4.88. The molecule has 354 valence electrons. The first-order valence-electron chi connectivity index (χ1n) is 25.6. The molecule has 0 atom stereocenters. The Bertz CT molecular complexity index is 4390. The van der Waals surface area contributed by atoms with E-state index in [2.05, 4.69) is 277 Å². The maximum absolute atomic E-state index is 6.90. The molecule has 2 aromatic heterocycles. The van der Waals surface area contributed by atoms with Crippen LogP contribution in [0.25, 0.3) is 99.2 Å². The minimum absolute atomic E-state index is 0.532. The van der Waals surface area contributed by atoms with E-state index in [1.807, 2.05) is 12.1 Å². The van der Waals surface area contributed by atoms with Crippen LogP contribution in [0.4, 0.5) is 28.4 Å². The number of furan rings is 2. The van der Waals surface area contributed by atoms with Crippen molar-refractivity contribution in [2.45, 2.75) is 6.54 Å². The number of para-hydroxylation sites is 6. The zero-order valence-corrected chi connectivity index (χ0v) is 41.0. The van der Waals surface area contributed by atoms with Gasteiger partial charge in [0.05, 0.1) is 17.1 Å². The van der Waals surface area contributed by atoms with Crippen molar-refractivity contribution in [2.75, 3.05) is 9.80 Å². The molecule has 0 bridgehead atoms. The van der Waals surface area contributed by atoms with E-state index in [4.69, 9.17) is 8.83 Å². The molecule has 4 heteroatoms. The van der Waals surface area contributed by atoms with Gasteiger partial charge in [0, 0.05) is 50.6 Å². The largest absolute Gasteiger partial charge is 0.454 e. The van der Waals surface area contributed by atoms with Gasteiger partial charge in [0.25, 0.3) is 0 Å². The third kappa shape index (κ3) is 7.79. The predicted octanol–water partition coefficient (Wildman–Crippen LogP) is 20.1. The molecule has 0 fully saturated rings. The van der Waals surface area contributed by atoms with Crippen molar-refractivity contribution in [3.63, 3.8) is 0 Å². The lowest BCUT2D eigenvalue weighted by molar-refractivity contribution is 0.667. The van der Waals surface area contributed by atoms with Crippen molar-refractivity contribution in [1.82, 2.24) is 0 Å². The van der Waals surface area contributed by atoms with Gasteiger partial charge in [-0.3, -0.25) is 0 Å². The van der Waals surface area contributed by atoms with Crippen LogP contribution in [0.15, 0.2) is 288 Å². The quantitative estimate of drug-likeness (QED) is 0.129. The topological polar surface area (TPSA) is 32.8 Å². The number of hydrogen-bond acceptors (Lipinski definition) is 4. The van der Waals surface area contributed by atoms with Crippen LogP contribution in [0.3, 0.4) is 0 Å².